The van der Waals surface area contributed by atoms with Crippen LogP contribution in [0.1, 0.15) is 12.0 Å². The van der Waals surface area contributed by atoms with Gasteiger partial charge in [-0.1, -0.05) is 0 Å². The predicted molar refractivity (Wildman–Crippen MR) is 52.9 cm³/mol. The molecule has 0 saturated carbocycles. The lowest BCUT2D eigenvalue weighted by atomic mass is 10.2. The molecule has 0 bridgehead atoms. The molecule has 2 N–H and O–H groups in total. The van der Waals surface area contributed by atoms with E-state index in [-0.39, 0.29) is 17.3 Å². The fraction of sp³-hybridized carbons (Fsp3) is 0.286. The predicted octanol–water partition coefficient (Wildman–Crippen LogP) is 2.21. The SMILES string of the molecule is COc1nc(N)c(C(F)F)cc1I. The number of ether oxygens (including phenoxy) is 1. The highest BCUT2D eigenvalue weighted by Crippen LogP contribution is 2.29. The van der Waals surface area contributed by atoms with Gasteiger partial charge in [0.05, 0.1) is 16.2 Å². The van der Waals surface area contributed by atoms with Gasteiger partial charge in [0, 0.05) is 0 Å². The van der Waals surface area contributed by atoms with Crippen molar-refractivity contribution in [2.24, 2.45) is 0 Å². The van der Waals surface area contributed by atoms with E-state index in [1.54, 1.807) is 0 Å². The highest BCUT2D eigenvalue weighted by Gasteiger charge is 2.15. The maximum atomic E-state index is 12.3. The van der Waals surface area contributed by atoms with Crippen LogP contribution in [0.3, 0.4) is 0 Å². The van der Waals surface area contributed by atoms with Crippen LogP contribution in [0.15, 0.2) is 6.07 Å². The van der Waals surface area contributed by atoms with Crippen LogP contribution in [-0.2, 0) is 0 Å². The average molecular weight is 300 g/mol. The fourth-order valence-corrected chi connectivity index (χ4v) is 1.49. The van der Waals surface area contributed by atoms with Gasteiger partial charge in [-0.3, -0.25) is 0 Å². The molecule has 0 unspecified atom stereocenters. The summed E-state index contributed by atoms with van der Waals surface area (Å²) < 4.78 is 29.9. The van der Waals surface area contributed by atoms with E-state index in [2.05, 4.69) is 4.98 Å². The number of alkyl halides is 2. The van der Waals surface area contributed by atoms with Crippen LogP contribution >= 0.6 is 22.6 Å². The van der Waals surface area contributed by atoms with Crippen LogP contribution in [0.4, 0.5) is 14.6 Å². The third-order valence-corrected chi connectivity index (χ3v) is 2.21. The number of rotatable bonds is 2. The number of nitrogen functional groups attached to an aromatic ring is 1. The van der Waals surface area contributed by atoms with E-state index < -0.39 is 6.43 Å². The van der Waals surface area contributed by atoms with Crippen molar-refractivity contribution in [3.63, 3.8) is 0 Å². The summed E-state index contributed by atoms with van der Waals surface area (Å²) in [6.45, 7) is 0. The van der Waals surface area contributed by atoms with E-state index in [0.717, 1.165) is 0 Å². The zero-order valence-corrected chi connectivity index (χ0v) is 8.88. The summed E-state index contributed by atoms with van der Waals surface area (Å²) in [7, 11) is 1.41. The molecule has 0 aliphatic rings. The second-order valence-electron chi connectivity index (χ2n) is 2.25. The van der Waals surface area contributed by atoms with Crippen LogP contribution < -0.4 is 10.5 Å². The molecule has 0 aromatic carbocycles. The number of hydrogen-bond acceptors (Lipinski definition) is 3. The number of halogens is 3. The van der Waals surface area contributed by atoms with Crippen molar-refractivity contribution in [3.05, 3.63) is 15.2 Å². The minimum Gasteiger partial charge on any atom is -0.480 e. The number of pyridine rings is 1. The average Bonchev–Trinajstić information content (AvgIpc) is 2.07. The second kappa shape index (κ2) is 4.03. The molecule has 0 radical (unpaired) electrons. The van der Waals surface area contributed by atoms with Crippen molar-refractivity contribution in [1.29, 1.82) is 0 Å². The molecule has 0 aliphatic heterocycles. The van der Waals surface area contributed by atoms with Crippen LogP contribution in [0.2, 0.25) is 0 Å². The van der Waals surface area contributed by atoms with Gasteiger partial charge in [-0.2, -0.15) is 4.98 Å². The first-order valence-corrected chi connectivity index (χ1v) is 4.42. The van der Waals surface area contributed by atoms with Gasteiger partial charge in [-0.05, 0) is 28.7 Å². The normalized spacial score (nSPS) is 10.5. The van der Waals surface area contributed by atoms with Crippen LogP contribution in [0, 0.1) is 3.57 Å². The first kappa shape index (κ1) is 10.4. The monoisotopic (exact) mass is 300 g/mol. The Balaban J connectivity index is 3.20. The lowest BCUT2D eigenvalue weighted by molar-refractivity contribution is 0.151. The summed E-state index contributed by atoms with van der Waals surface area (Å²) in [5, 5.41) is 0. The first-order chi connectivity index (χ1) is 6.06. The first-order valence-electron chi connectivity index (χ1n) is 3.34. The molecule has 1 heterocycles. The molecule has 0 atom stereocenters. The highest BCUT2D eigenvalue weighted by atomic mass is 127. The van der Waals surface area contributed by atoms with Gasteiger partial charge in [0.2, 0.25) is 5.88 Å². The minimum atomic E-state index is -2.60. The molecule has 1 aromatic rings. The molecule has 0 spiro atoms. The Bertz CT molecular complexity index is 320. The van der Waals surface area contributed by atoms with Crippen molar-refractivity contribution < 1.29 is 13.5 Å². The second-order valence-corrected chi connectivity index (χ2v) is 3.42. The van der Waals surface area contributed by atoms with Crippen LogP contribution in [0.25, 0.3) is 0 Å². The van der Waals surface area contributed by atoms with Gasteiger partial charge in [0.25, 0.3) is 6.43 Å². The number of nitrogens with two attached hydrogens (primary N) is 1. The molecular weight excluding hydrogens is 293 g/mol. The quantitative estimate of drug-likeness (QED) is 0.852. The molecule has 0 fully saturated rings. The van der Waals surface area contributed by atoms with E-state index in [1.807, 2.05) is 22.6 Å². The lowest BCUT2D eigenvalue weighted by Crippen LogP contribution is -2.02. The molecule has 13 heavy (non-hydrogen) atoms. The number of methoxy groups -OCH3 is 1. The molecular formula is C7H7F2IN2O. The Labute approximate surface area is 87.4 Å². The van der Waals surface area contributed by atoms with Crippen molar-refractivity contribution in [1.82, 2.24) is 4.98 Å². The van der Waals surface area contributed by atoms with E-state index >= 15 is 0 Å². The van der Waals surface area contributed by atoms with Crippen LogP contribution in [-0.4, -0.2) is 12.1 Å². The summed E-state index contributed by atoms with van der Waals surface area (Å²) in [5.41, 5.74) is 5.03. The van der Waals surface area contributed by atoms with Gasteiger partial charge in [0.15, 0.2) is 0 Å². The summed E-state index contributed by atoms with van der Waals surface area (Å²) in [6, 6.07) is 1.27. The molecule has 72 valence electrons. The summed E-state index contributed by atoms with van der Waals surface area (Å²) in [4.78, 5) is 3.68. The third kappa shape index (κ3) is 2.17. The van der Waals surface area contributed by atoms with Crippen molar-refractivity contribution in [3.8, 4) is 5.88 Å². The maximum absolute atomic E-state index is 12.3. The molecule has 1 rings (SSSR count). The molecule has 6 heteroatoms. The Kier molecular flexibility index (Phi) is 3.23. The Hall–Kier alpha value is -0.660. The number of hydrogen-bond donors (Lipinski definition) is 1. The van der Waals surface area contributed by atoms with Gasteiger partial charge in [-0.15, -0.1) is 0 Å². The van der Waals surface area contributed by atoms with Gasteiger partial charge in [-0.25, -0.2) is 8.78 Å². The number of anilines is 1. The Morgan fingerprint density at radius 1 is 1.62 bits per heavy atom. The Morgan fingerprint density at radius 2 is 2.23 bits per heavy atom. The maximum Gasteiger partial charge on any atom is 0.267 e. The topological polar surface area (TPSA) is 48.1 Å². The smallest absolute Gasteiger partial charge is 0.267 e. The number of aromatic nitrogens is 1. The highest BCUT2D eigenvalue weighted by molar-refractivity contribution is 14.1. The van der Waals surface area contributed by atoms with Gasteiger partial charge in [0.1, 0.15) is 5.82 Å². The summed E-state index contributed by atoms with van der Waals surface area (Å²) in [6.07, 6.45) is -2.60. The molecule has 0 saturated heterocycles. The van der Waals surface area contributed by atoms with Crippen molar-refractivity contribution >= 4 is 28.4 Å². The summed E-state index contributed by atoms with van der Waals surface area (Å²) in [5.74, 6) is 0.0785. The Morgan fingerprint density at radius 3 is 2.69 bits per heavy atom. The standard InChI is InChI=1S/C7H7F2IN2O/c1-13-7-4(10)2-3(5(8)9)6(11)12-7/h2,5H,1H3,(H2,11,12). The molecule has 0 amide bonds. The minimum absolute atomic E-state index is 0.188. The summed E-state index contributed by atoms with van der Waals surface area (Å²) >= 11 is 1.86. The van der Waals surface area contributed by atoms with Gasteiger partial charge < -0.3 is 10.5 Å². The van der Waals surface area contributed by atoms with Crippen molar-refractivity contribution in [2.45, 2.75) is 6.43 Å². The zero-order valence-electron chi connectivity index (χ0n) is 6.72. The van der Waals surface area contributed by atoms with Gasteiger partial charge >= 0.3 is 0 Å². The molecule has 0 aliphatic carbocycles. The lowest BCUT2D eigenvalue weighted by Gasteiger charge is -2.07. The van der Waals surface area contributed by atoms with E-state index in [9.17, 15) is 8.78 Å². The fourth-order valence-electron chi connectivity index (χ4n) is 0.817. The van der Waals surface area contributed by atoms with E-state index in [1.165, 1.54) is 13.2 Å². The molecule has 3 nitrogen and oxygen atoms in total. The zero-order chi connectivity index (χ0) is 10.0. The molecule has 1 aromatic heterocycles. The van der Waals surface area contributed by atoms with Crippen LogP contribution in [0.5, 0.6) is 5.88 Å². The third-order valence-electron chi connectivity index (χ3n) is 1.43. The van der Waals surface area contributed by atoms with Crippen molar-refractivity contribution in [2.75, 3.05) is 12.8 Å². The van der Waals surface area contributed by atoms with E-state index in [0.29, 0.717) is 3.57 Å². The van der Waals surface area contributed by atoms with E-state index in [4.69, 9.17) is 10.5 Å². The largest absolute Gasteiger partial charge is 0.480 e. The number of nitrogens with zero attached hydrogens (tertiary/aromatic N) is 1.